The van der Waals surface area contributed by atoms with Crippen molar-refractivity contribution in [2.75, 3.05) is 0 Å². The molecule has 0 atom stereocenters. The van der Waals surface area contributed by atoms with Gasteiger partial charge in [-0.15, -0.1) is 11.3 Å². The highest BCUT2D eigenvalue weighted by atomic mass is 35.5. The number of benzene rings is 2. The van der Waals surface area contributed by atoms with E-state index in [2.05, 4.69) is 4.98 Å². The number of hydrogen-bond acceptors (Lipinski definition) is 5. The van der Waals surface area contributed by atoms with Gasteiger partial charge in [-0.2, -0.15) is 0 Å². The third-order valence-corrected chi connectivity index (χ3v) is 5.67. The number of nitro groups is 1. The molecule has 6 nitrogen and oxygen atoms in total. The minimum atomic E-state index is -0.923. The number of nitrogens with zero attached hydrogens (tertiary/aromatic N) is 2. The predicted octanol–water partition coefficient (Wildman–Crippen LogP) is 5.21. The lowest BCUT2D eigenvalue weighted by Gasteiger charge is -2.06. The molecule has 1 heterocycles. The smallest absolute Gasteiger partial charge is 0.308 e. The quantitative estimate of drug-likeness (QED) is 0.440. The van der Waals surface area contributed by atoms with Crippen molar-refractivity contribution in [2.45, 2.75) is 26.7 Å². The maximum atomic E-state index is 11.3. The number of rotatable bonds is 6. The summed E-state index contributed by atoms with van der Waals surface area (Å²) in [5, 5.41) is 21.7. The van der Waals surface area contributed by atoms with Crippen molar-refractivity contribution in [3.63, 3.8) is 0 Å². The minimum Gasteiger partial charge on any atom is -0.481 e. The average Bonchev–Trinajstić information content (AvgIpc) is 2.99. The molecule has 0 saturated carbocycles. The number of thiazole rings is 1. The van der Waals surface area contributed by atoms with Gasteiger partial charge in [0.2, 0.25) is 0 Å². The molecule has 0 fully saturated rings. The molecule has 8 heteroatoms. The monoisotopic (exact) mass is 416 g/mol. The van der Waals surface area contributed by atoms with Gasteiger partial charge in [-0.3, -0.25) is 14.9 Å². The fourth-order valence-electron chi connectivity index (χ4n) is 2.98. The number of aryl methyl sites for hydroxylation is 2. The molecule has 0 aliphatic heterocycles. The Kier molecular flexibility index (Phi) is 5.76. The fourth-order valence-corrected chi connectivity index (χ4v) is 4.21. The van der Waals surface area contributed by atoms with Crippen molar-refractivity contribution in [1.29, 1.82) is 0 Å². The zero-order valence-corrected chi connectivity index (χ0v) is 16.8. The molecule has 1 aromatic heterocycles. The van der Waals surface area contributed by atoms with Crippen molar-refractivity contribution in [2.24, 2.45) is 0 Å². The summed E-state index contributed by atoms with van der Waals surface area (Å²) < 4.78 is 0. The third kappa shape index (κ3) is 4.37. The second-order valence-corrected chi connectivity index (χ2v) is 8.06. The van der Waals surface area contributed by atoms with Gasteiger partial charge in [0.25, 0.3) is 5.69 Å². The van der Waals surface area contributed by atoms with E-state index >= 15 is 0 Å². The predicted molar refractivity (Wildman–Crippen MR) is 109 cm³/mol. The Labute approximate surface area is 170 Å². The van der Waals surface area contributed by atoms with E-state index < -0.39 is 5.97 Å². The molecule has 0 aliphatic rings. The summed E-state index contributed by atoms with van der Waals surface area (Å²) in [6.07, 6.45) is 0.365. The molecule has 3 rings (SSSR count). The first-order valence-corrected chi connectivity index (χ1v) is 9.65. The van der Waals surface area contributed by atoms with E-state index in [0.717, 1.165) is 21.7 Å². The SMILES string of the molecule is Cc1cc([N+](=O)[O-])c(C)cc1Cc1nc(-c2ccc(Cl)cc2)c(CC(=O)O)s1. The van der Waals surface area contributed by atoms with Crippen LogP contribution >= 0.6 is 22.9 Å². The fraction of sp³-hybridized carbons (Fsp3) is 0.200. The summed E-state index contributed by atoms with van der Waals surface area (Å²) in [4.78, 5) is 27.3. The lowest BCUT2D eigenvalue weighted by molar-refractivity contribution is -0.385. The Hall–Kier alpha value is -2.77. The summed E-state index contributed by atoms with van der Waals surface area (Å²) in [7, 11) is 0. The number of carboxylic acid groups (broad SMARTS) is 1. The average molecular weight is 417 g/mol. The molecule has 0 bridgehead atoms. The van der Waals surface area contributed by atoms with Crippen molar-refractivity contribution in [3.05, 3.63) is 78.1 Å². The van der Waals surface area contributed by atoms with Gasteiger partial charge in [-0.05, 0) is 43.2 Å². The van der Waals surface area contributed by atoms with Gasteiger partial charge >= 0.3 is 5.97 Å². The molecule has 0 saturated heterocycles. The molecular formula is C20H17ClN2O4S. The summed E-state index contributed by atoms with van der Waals surface area (Å²) in [6, 6.07) is 10.5. The van der Waals surface area contributed by atoms with Gasteiger partial charge in [-0.25, -0.2) is 4.98 Å². The van der Waals surface area contributed by atoms with Crippen LogP contribution in [0.5, 0.6) is 0 Å². The van der Waals surface area contributed by atoms with Crippen LogP contribution in [0.15, 0.2) is 36.4 Å². The molecular weight excluding hydrogens is 400 g/mol. The van der Waals surface area contributed by atoms with E-state index in [1.54, 1.807) is 31.2 Å². The maximum absolute atomic E-state index is 11.3. The molecule has 144 valence electrons. The van der Waals surface area contributed by atoms with Crippen LogP contribution in [0.4, 0.5) is 5.69 Å². The first kappa shape index (κ1) is 20.0. The van der Waals surface area contributed by atoms with Crippen molar-refractivity contribution >= 4 is 34.6 Å². The van der Waals surface area contributed by atoms with Gasteiger partial charge < -0.3 is 5.11 Å². The number of aromatic nitrogens is 1. The van der Waals surface area contributed by atoms with Gasteiger partial charge in [0, 0.05) is 33.5 Å². The van der Waals surface area contributed by atoms with E-state index in [1.165, 1.54) is 11.3 Å². The molecule has 0 spiro atoms. The highest BCUT2D eigenvalue weighted by molar-refractivity contribution is 7.12. The number of hydrogen-bond donors (Lipinski definition) is 1. The van der Waals surface area contributed by atoms with Crippen LogP contribution in [0.2, 0.25) is 5.02 Å². The highest BCUT2D eigenvalue weighted by Crippen LogP contribution is 2.32. The van der Waals surface area contributed by atoms with E-state index in [0.29, 0.717) is 27.6 Å². The van der Waals surface area contributed by atoms with Crippen molar-refractivity contribution < 1.29 is 14.8 Å². The van der Waals surface area contributed by atoms with Crippen LogP contribution < -0.4 is 0 Å². The molecule has 0 amide bonds. The molecule has 0 unspecified atom stereocenters. The van der Waals surface area contributed by atoms with Gasteiger partial charge in [0.05, 0.1) is 22.0 Å². The molecule has 1 N–H and O–H groups in total. The van der Waals surface area contributed by atoms with Crippen molar-refractivity contribution in [3.8, 4) is 11.3 Å². The Morgan fingerprint density at radius 3 is 2.50 bits per heavy atom. The zero-order chi connectivity index (χ0) is 20.4. The van der Waals surface area contributed by atoms with E-state index in [4.69, 9.17) is 11.6 Å². The second kappa shape index (κ2) is 8.08. The summed E-state index contributed by atoms with van der Waals surface area (Å²) in [5.74, 6) is -0.923. The van der Waals surface area contributed by atoms with Crippen LogP contribution in [-0.2, 0) is 17.6 Å². The van der Waals surface area contributed by atoms with Crippen LogP contribution in [0.1, 0.15) is 26.6 Å². The number of nitro benzene ring substituents is 1. The van der Waals surface area contributed by atoms with Crippen LogP contribution in [0.25, 0.3) is 11.3 Å². The van der Waals surface area contributed by atoms with E-state index in [1.807, 2.05) is 19.1 Å². The number of carboxylic acids is 1. The Morgan fingerprint density at radius 2 is 1.89 bits per heavy atom. The Balaban J connectivity index is 1.99. The second-order valence-electron chi connectivity index (χ2n) is 6.46. The largest absolute Gasteiger partial charge is 0.481 e. The van der Waals surface area contributed by atoms with E-state index in [9.17, 15) is 20.0 Å². The molecule has 3 aromatic rings. The van der Waals surface area contributed by atoms with Gasteiger partial charge in [0.15, 0.2) is 0 Å². The van der Waals surface area contributed by atoms with E-state index in [-0.39, 0.29) is 17.0 Å². The number of carbonyl (C=O) groups is 1. The molecule has 28 heavy (non-hydrogen) atoms. The van der Waals surface area contributed by atoms with Crippen LogP contribution in [0.3, 0.4) is 0 Å². The number of halogens is 1. The first-order valence-electron chi connectivity index (χ1n) is 8.45. The molecule has 2 aromatic carbocycles. The van der Waals surface area contributed by atoms with Crippen LogP contribution in [0, 0.1) is 24.0 Å². The minimum absolute atomic E-state index is 0.0915. The first-order chi connectivity index (χ1) is 13.2. The van der Waals surface area contributed by atoms with Gasteiger partial charge in [0.1, 0.15) is 0 Å². The standard InChI is InChI=1S/C20H17ClN2O4S/c1-11-8-16(23(26)27)12(2)7-14(11)9-18-22-20(17(28-18)10-19(24)25)13-3-5-15(21)6-4-13/h3-8H,9-10H2,1-2H3,(H,24,25). The Bertz CT molecular complexity index is 1060. The van der Waals surface area contributed by atoms with Gasteiger partial charge in [-0.1, -0.05) is 23.7 Å². The highest BCUT2D eigenvalue weighted by Gasteiger charge is 2.18. The van der Waals surface area contributed by atoms with Crippen LogP contribution in [-0.4, -0.2) is 21.0 Å². The summed E-state index contributed by atoms with van der Waals surface area (Å²) in [5.41, 5.74) is 3.86. The third-order valence-electron chi connectivity index (χ3n) is 4.36. The molecule has 0 radical (unpaired) electrons. The molecule has 0 aliphatic carbocycles. The Morgan fingerprint density at radius 1 is 1.21 bits per heavy atom. The summed E-state index contributed by atoms with van der Waals surface area (Å²) in [6.45, 7) is 3.53. The lowest BCUT2D eigenvalue weighted by atomic mass is 10.0. The number of aliphatic carboxylic acids is 1. The zero-order valence-electron chi connectivity index (χ0n) is 15.2. The lowest BCUT2D eigenvalue weighted by Crippen LogP contribution is -1.99. The topological polar surface area (TPSA) is 93.3 Å². The van der Waals surface area contributed by atoms with Crippen molar-refractivity contribution in [1.82, 2.24) is 4.98 Å². The summed E-state index contributed by atoms with van der Waals surface area (Å²) >= 11 is 7.29. The maximum Gasteiger partial charge on any atom is 0.308 e. The normalized spacial score (nSPS) is 10.8.